The van der Waals surface area contributed by atoms with Crippen LogP contribution >= 0.6 is 0 Å². The molecule has 2 rings (SSSR count). The van der Waals surface area contributed by atoms with Gasteiger partial charge in [-0.2, -0.15) is 0 Å². The van der Waals surface area contributed by atoms with Gasteiger partial charge in [0, 0.05) is 5.39 Å². The number of nitrogens with two attached hydrogens (primary N) is 1. The van der Waals surface area contributed by atoms with Gasteiger partial charge in [-0.15, -0.1) is 0 Å². The van der Waals surface area contributed by atoms with Crippen LogP contribution in [-0.2, 0) is 9.53 Å². The number of hydrogen-bond donors (Lipinski definition) is 1. The van der Waals surface area contributed by atoms with Crippen LogP contribution in [0.3, 0.4) is 0 Å². The van der Waals surface area contributed by atoms with Gasteiger partial charge in [0.25, 0.3) is 0 Å². The van der Waals surface area contributed by atoms with Crippen LogP contribution in [0.5, 0.6) is 0 Å². The summed E-state index contributed by atoms with van der Waals surface area (Å²) in [6.07, 6.45) is 1.60. The first kappa shape index (κ1) is 10.7. The van der Waals surface area contributed by atoms with Crippen LogP contribution in [-0.4, -0.2) is 12.6 Å². The lowest BCUT2D eigenvalue weighted by atomic mass is 10.1. The highest BCUT2D eigenvalue weighted by molar-refractivity contribution is 5.82. The smallest absolute Gasteiger partial charge is 0.327 e. The minimum Gasteiger partial charge on any atom is -0.465 e. The number of benzene rings is 1. The van der Waals surface area contributed by atoms with Gasteiger partial charge in [-0.25, -0.2) is 4.79 Å². The number of carbonyl (C=O) groups is 1. The van der Waals surface area contributed by atoms with Gasteiger partial charge in [-0.3, -0.25) is 0 Å². The summed E-state index contributed by atoms with van der Waals surface area (Å²) in [6.45, 7) is 2.08. The highest BCUT2D eigenvalue weighted by Crippen LogP contribution is 2.20. The summed E-state index contributed by atoms with van der Waals surface area (Å²) in [4.78, 5) is 11.4. The molecule has 84 valence electrons. The first-order chi connectivity index (χ1) is 7.72. The second-order valence-electron chi connectivity index (χ2n) is 3.45. The topological polar surface area (TPSA) is 65.5 Å². The quantitative estimate of drug-likeness (QED) is 0.802. The van der Waals surface area contributed by atoms with E-state index in [9.17, 15) is 4.79 Å². The van der Waals surface area contributed by atoms with Gasteiger partial charge in [0.15, 0.2) is 0 Å². The zero-order chi connectivity index (χ0) is 11.5. The maximum Gasteiger partial charge on any atom is 0.327 e. The molecule has 0 saturated carbocycles. The van der Waals surface area contributed by atoms with E-state index in [1.807, 2.05) is 12.1 Å². The molecular formula is C12H13NO3. The molecule has 0 spiro atoms. The summed E-state index contributed by atoms with van der Waals surface area (Å²) in [6, 6.07) is 6.54. The van der Waals surface area contributed by atoms with E-state index in [0.29, 0.717) is 12.2 Å². The number of fused-ring (bicyclic) bond motifs is 1. The van der Waals surface area contributed by atoms with E-state index in [2.05, 4.69) is 0 Å². The maximum absolute atomic E-state index is 11.4. The molecule has 2 N–H and O–H groups in total. The molecule has 0 amide bonds. The third-order valence-electron chi connectivity index (χ3n) is 2.38. The molecule has 16 heavy (non-hydrogen) atoms. The lowest BCUT2D eigenvalue weighted by molar-refractivity contribution is -0.144. The molecule has 1 unspecified atom stereocenters. The van der Waals surface area contributed by atoms with Crippen LogP contribution in [0.4, 0.5) is 0 Å². The van der Waals surface area contributed by atoms with Crippen molar-refractivity contribution in [2.45, 2.75) is 13.0 Å². The standard InChI is InChI=1S/C12H13NO3/c1-2-15-12(14)11(13)9-4-3-8-5-6-16-10(8)7-9/h3-7,11H,2,13H2,1H3. The monoisotopic (exact) mass is 219 g/mol. The van der Waals surface area contributed by atoms with Gasteiger partial charge < -0.3 is 14.9 Å². The number of esters is 1. The average molecular weight is 219 g/mol. The Morgan fingerprint density at radius 1 is 1.50 bits per heavy atom. The number of ether oxygens (including phenoxy) is 1. The van der Waals surface area contributed by atoms with Gasteiger partial charge in [-0.1, -0.05) is 12.1 Å². The van der Waals surface area contributed by atoms with Gasteiger partial charge in [0.2, 0.25) is 0 Å². The van der Waals surface area contributed by atoms with Crippen molar-refractivity contribution in [2.75, 3.05) is 6.61 Å². The van der Waals surface area contributed by atoms with Crippen LogP contribution in [0.15, 0.2) is 34.9 Å². The van der Waals surface area contributed by atoms with E-state index >= 15 is 0 Å². The first-order valence-electron chi connectivity index (χ1n) is 5.11. The minimum absolute atomic E-state index is 0.329. The molecule has 2 aromatic rings. The molecule has 1 aromatic carbocycles. The van der Waals surface area contributed by atoms with E-state index in [0.717, 1.165) is 11.0 Å². The van der Waals surface area contributed by atoms with E-state index in [4.69, 9.17) is 14.9 Å². The summed E-state index contributed by atoms with van der Waals surface area (Å²) in [5.74, 6) is -0.423. The van der Waals surface area contributed by atoms with E-state index in [1.165, 1.54) is 0 Å². The predicted octanol–water partition coefficient (Wildman–Crippen LogP) is 2.00. The highest BCUT2D eigenvalue weighted by atomic mass is 16.5. The molecule has 0 saturated heterocycles. The molecule has 1 heterocycles. The van der Waals surface area contributed by atoms with E-state index in [1.54, 1.807) is 25.3 Å². The third-order valence-corrected chi connectivity index (χ3v) is 2.38. The Morgan fingerprint density at radius 3 is 3.06 bits per heavy atom. The van der Waals surface area contributed by atoms with Crippen molar-refractivity contribution in [3.63, 3.8) is 0 Å². The Balaban J connectivity index is 2.28. The zero-order valence-electron chi connectivity index (χ0n) is 8.97. The molecule has 4 heteroatoms. The zero-order valence-corrected chi connectivity index (χ0v) is 8.97. The molecule has 0 fully saturated rings. The summed E-state index contributed by atoms with van der Waals surface area (Å²) in [5.41, 5.74) is 7.18. The first-order valence-corrected chi connectivity index (χ1v) is 5.11. The van der Waals surface area contributed by atoms with Gasteiger partial charge in [0.05, 0.1) is 12.9 Å². The fourth-order valence-corrected chi connectivity index (χ4v) is 1.53. The molecule has 4 nitrogen and oxygen atoms in total. The van der Waals surface area contributed by atoms with E-state index in [-0.39, 0.29) is 0 Å². The van der Waals surface area contributed by atoms with Crippen molar-refractivity contribution in [1.29, 1.82) is 0 Å². The Morgan fingerprint density at radius 2 is 2.31 bits per heavy atom. The van der Waals surface area contributed by atoms with Crippen LogP contribution < -0.4 is 5.73 Å². The summed E-state index contributed by atoms with van der Waals surface area (Å²) in [7, 11) is 0. The lowest BCUT2D eigenvalue weighted by Gasteiger charge is -2.10. The normalized spacial score (nSPS) is 12.6. The number of rotatable bonds is 3. The van der Waals surface area contributed by atoms with E-state index < -0.39 is 12.0 Å². The fourth-order valence-electron chi connectivity index (χ4n) is 1.53. The summed E-state index contributed by atoms with van der Waals surface area (Å²) < 4.78 is 10.1. The maximum atomic E-state index is 11.4. The fraction of sp³-hybridized carbons (Fsp3) is 0.250. The SMILES string of the molecule is CCOC(=O)C(N)c1ccc2ccoc2c1. The Bertz CT molecular complexity index is 504. The van der Waals surface area contributed by atoms with Crippen LogP contribution in [0, 0.1) is 0 Å². The lowest BCUT2D eigenvalue weighted by Crippen LogP contribution is -2.23. The summed E-state index contributed by atoms with van der Waals surface area (Å²) in [5, 5.41) is 0.986. The number of hydrogen-bond acceptors (Lipinski definition) is 4. The minimum atomic E-state index is -0.755. The van der Waals surface area contributed by atoms with Crippen LogP contribution in [0.1, 0.15) is 18.5 Å². The molecule has 0 radical (unpaired) electrons. The number of carbonyl (C=O) groups excluding carboxylic acids is 1. The second kappa shape index (κ2) is 4.37. The Kier molecular flexibility index (Phi) is 2.92. The van der Waals surface area contributed by atoms with Crippen molar-refractivity contribution < 1.29 is 13.9 Å². The number of furan rings is 1. The average Bonchev–Trinajstić information content (AvgIpc) is 2.75. The van der Waals surface area contributed by atoms with Crippen molar-refractivity contribution in [3.8, 4) is 0 Å². The Hall–Kier alpha value is -1.81. The van der Waals surface area contributed by atoms with Gasteiger partial charge >= 0.3 is 5.97 Å². The molecule has 0 bridgehead atoms. The summed E-state index contributed by atoms with van der Waals surface area (Å²) >= 11 is 0. The molecule has 1 atom stereocenters. The van der Waals surface area contributed by atoms with Crippen molar-refractivity contribution >= 4 is 16.9 Å². The molecular weight excluding hydrogens is 206 g/mol. The molecule has 0 aliphatic heterocycles. The van der Waals surface area contributed by atoms with Gasteiger partial charge in [-0.05, 0) is 24.6 Å². The van der Waals surface area contributed by atoms with Crippen molar-refractivity contribution in [2.24, 2.45) is 5.73 Å². The van der Waals surface area contributed by atoms with Crippen LogP contribution in [0.25, 0.3) is 11.0 Å². The molecule has 1 aromatic heterocycles. The molecule has 0 aliphatic carbocycles. The van der Waals surface area contributed by atoms with Crippen LogP contribution in [0.2, 0.25) is 0 Å². The third kappa shape index (κ3) is 1.92. The Labute approximate surface area is 93.0 Å². The van der Waals surface area contributed by atoms with Crippen molar-refractivity contribution in [3.05, 3.63) is 36.1 Å². The van der Waals surface area contributed by atoms with Gasteiger partial charge in [0.1, 0.15) is 11.6 Å². The highest BCUT2D eigenvalue weighted by Gasteiger charge is 2.17. The molecule has 0 aliphatic rings. The predicted molar refractivity (Wildman–Crippen MR) is 59.8 cm³/mol. The van der Waals surface area contributed by atoms with Crippen molar-refractivity contribution in [1.82, 2.24) is 0 Å². The second-order valence-corrected chi connectivity index (χ2v) is 3.45. The largest absolute Gasteiger partial charge is 0.465 e.